The molecule has 0 heterocycles. The Hall–Kier alpha value is 0. The third-order valence-corrected chi connectivity index (χ3v) is 4.94. The van der Waals surface area contributed by atoms with Crippen LogP contribution in [-0.4, -0.2) is 0 Å². The largest absolute Gasteiger partial charge is 0.0683 e. The van der Waals surface area contributed by atoms with Gasteiger partial charge in [0, 0.05) is 0 Å². The van der Waals surface area contributed by atoms with Gasteiger partial charge in [-0.3, -0.25) is 0 Å². The van der Waals surface area contributed by atoms with Crippen LogP contribution < -0.4 is 0 Å². The van der Waals surface area contributed by atoms with Gasteiger partial charge in [0.25, 0.3) is 0 Å². The molecule has 0 aromatic rings. The molecule has 0 saturated heterocycles. The molecule has 0 heteroatoms. The van der Waals surface area contributed by atoms with Gasteiger partial charge in [-0.2, -0.15) is 0 Å². The SMILES string of the molecule is CC.CCC1CCC(CC2CCCCC2)CC1. The lowest BCUT2D eigenvalue weighted by atomic mass is 9.74. The van der Waals surface area contributed by atoms with Crippen molar-refractivity contribution in [3.63, 3.8) is 0 Å². The van der Waals surface area contributed by atoms with Gasteiger partial charge < -0.3 is 0 Å². The van der Waals surface area contributed by atoms with Crippen molar-refractivity contribution in [1.82, 2.24) is 0 Å². The van der Waals surface area contributed by atoms with E-state index in [0.29, 0.717) is 0 Å². The van der Waals surface area contributed by atoms with Crippen LogP contribution in [0.4, 0.5) is 0 Å². The summed E-state index contributed by atoms with van der Waals surface area (Å²) in [5.74, 6) is 3.30. The average molecular weight is 238 g/mol. The van der Waals surface area contributed by atoms with Crippen molar-refractivity contribution in [2.75, 3.05) is 0 Å². The summed E-state index contributed by atoms with van der Waals surface area (Å²) in [4.78, 5) is 0. The van der Waals surface area contributed by atoms with E-state index in [0.717, 1.165) is 17.8 Å². The quantitative estimate of drug-likeness (QED) is 0.549. The smallest absolute Gasteiger partial charge is 0.0411 e. The molecular formula is C17H34. The highest BCUT2D eigenvalue weighted by molar-refractivity contribution is 4.76. The Labute approximate surface area is 110 Å². The minimum absolute atomic E-state index is 1.08. The predicted molar refractivity (Wildman–Crippen MR) is 78.3 cm³/mol. The summed E-state index contributed by atoms with van der Waals surface area (Å²) in [7, 11) is 0. The van der Waals surface area contributed by atoms with E-state index in [-0.39, 0.29) is 0 Å². The highest BCUT2D eigenvalue weighted by Crippen LogP contribution is 2.37. The molecule has 0 aromatic heterocycles. The standard InChI is InChI=1S/C15H28.C2H6/c1-2-13-8-10-15(11-9-13)12-14-6-4-3-5-7-14;1-2/h13-15H,2-12H2,1H3;1-2H3. The van der Waals surface area contributed by atoms with E-state index in [1.807, 2.05) is 13.8 Å². The Morgan fingerprint density at radius 2 is 1.12 bits per heavy atom. The molecule has 0 amide bonds. The first-order chi connectivity index (χ1) is 8.38. The highest BCUT2D eigenvalue weighted by Gasteiger charge is 2.23. The van der Waals surface area contributed by atoms with Gasteiger partial charge in [-0.15, -0.1) is 0 Å². The normalized spacial score (nSPS) is 30.5. The molecule has 0 nitrogen and oxygen atoms in total. The van der Waals surface area contributed by atoms with Crippen LogP contribution in [0.5, 0.6) is 0 Å². The zero-order valence-electron chi connectivity index (χ0n) is 12.5. The lowest BCUT2D eigenvalue weighted by molar-refractivity contribution is 0.209. The van der Waals surface area contributed by atoms with Gasteiger partial charge >= 0.3 is 0 Å². The molecule has 0 aromatic carbocycles. The van der Waals surface area contributed by atoms with Crippen LogP contribution in [0.3, 0.4) is 0 Å². The molecule has 0 aliphatic heterocycles. The van der Waals surface area contributed by atoms with Crippen molar-refractivity contribution in [3.05, 3.63) is 0 Å². The molecule has 2 saturated carbocycles. The fourth-order valence-electron chi connectivity index (χ4n) is 3.77. The second-order valence-electron chi connectivity index (χ2n) is 6.03. The predicted octanol–water partition coefficient (Wildman–Crippen LogP) is 6.20. The molecule has 0 bridgehead atoms. The Kier molecular flexibility index (Phi) is 7.97. The molecule has 0 radical (unpaired) electrons. The zero-order chi connectivity index (χ0) is 12.5. The van der Waals surface area contributed by atoms with Crippen LogP contribution in [0, 0.1) is 17.8 Å². The summed E-state index contributed by atoms with van der Waals surface area (Å²) >= 11 is 0. The molecule has 2 aliphatic carbocycles. The van der Waals surface area contributed by atoms with Crippen molar-refractivity contribution >= 4 is 0 Å². The highest BCUT2D eigenvalue weighted by atomic mass is 14.3. The number of rotatable bonds is 3. The maximum atomic E-state index is 2.37. The van der Waals surface area contributed by atoms with Crippen LogP contribution in [0.25, 0.3) is 0 Å². The Bertz CT molecular complexity index is 159. The van der Waals surface area contributed by atoms with Crippen molar-refractivity contribution in [3.8, 4) is 0 Å². The Morgan fingerprint density at radius 3 is 1.65 bits per heavy atom. The Morgan fingerprint density at radius 1 is 0.647 bits per heavy atom. The molecule has 102 valence electrons. The molecule has 2 aliphatic rings. The molecule has 0 atom stereocenters. The van der Waals surface area contributed by atoms with E-state index in [1.54, 1.807) is 32.1 Å². The topological polar surface area (TPSA) is 0 Å². The fraction of sp³-hybridized carbons (Fsp3) is 1.00. The van der Waals surface area contributed by atoms with Crippen LogP contribution >= 0.6 is 0 Å². The van der Waals surface area contributed by atoms with Gasteiger partial charge in [-0.1, -0.05) is 85.0 Å². The van der Waals surface area contributed by atoms with E-state index in [2.05, 4.69) is 6.92 Å². The summed E-state index contributed by atoms with van der Waals surface area (Å²) in [6.07, 6.45) is 16.8. The van der Waals surface area contributed by atoms with E-state index in [9.17, 15) is 0 Å². The van der Waals surface area contributed by atoms with Gasteiger partial charge in [-0.25, -0.2) is 0 Å². The molecule has 0 N–H and O–H groups in total. The van der Waals surface area contributed by atoms with Crippen molar-refractivity contribution in [2.45, 2.75) is 91.4 Å². The molecule has 17 heavy (non-hydrogen) atoms. The van der Waals surface area contributed by atoms with Crippen molar-refractivity contribution in [1.29, 1.82) is 0 Å². The average Bonchev–Trinajstić information content (AvgIpc) is 2.43. The Balaban J connectivity index is 0.000000686. The zero-order valence-corrected chi connectivity index (χ0v) is 12.5. The van der Waals surface area contributed by atoms with E-state index < -0.39 is 0 Å². The minimum atomic E-state index is 1.08. The van der Waals surface area contributed by atoms with Crippen LogP contribution in [-0.2, 0) is 0 Å². The first-order valence-corrected chi connectivity index (χ1v) is 8.38. The third-order valence-electron chi connectivity index (χ3n) is 4.94. The second-order valence-corrected chi connectivity index (χ2v) is 6.03. The van der Waals surface area contributed by atoms with E-state index in [4.69, 9.17) is 0 Å². The lowest BCUT2D eigenvalue weighted by Crippen LogP contribution is -2.18. The number of hydrogen-bond acceptors (Lipinski definition) is 0. The number of hydrogen-bond donors (Lipinski definition) is 0. The molecule has 0 spiro atoms. The summed E-state index contributed by atoms with van der Waals surface area (Å²) in [6, 6.07) is 0. The van der Waals surface area contributed by atoms with Gasteiger partial charge in [0.2, 0.25) is 0 Å². The van der Waals surface area contributed by atoms with Gasteiger partial charge in [0.05, 0.1) is 0 Å². The lowest BCUT2D eigenvalue weighted by Gasteiger charge is -2.31. The summed E-state index contributed by atoms with van der Waals surface area (Å²) < 4.78 is 0. The fourth-order valence-corrected chi connectivity index (χ4v) is 3.77. The van der Waals surface area contributed by atoms with Gasteiger partial charge in [0.1, 0.15) is 0 Å². The monoisotopic (exact) mass is 238 g/mol. The second kappa shape index (κ2) is 9.00. The maximum Gasteiger partial charge on any atom is -0.0411 e. The third kappa shape index (κ3) is 5.44. The van der Waals surface area contributed by atoms with E-state index >= 15 is 0 Å². The molecular weight excluding hydrogens is 204 g/mol. The first-order valence-electron chi connectivity index (χ1n) is 8.38. The van der Waals surface area contributed by atoms with Crippen LogP contribution in [0.15, 0.2) is 0 Å². The van der Waals surface area contributed by atoms with E-state index in [1.165, 1.54) is 38.5 Å². The van der Waals surface area contributed by atoms with Crippen molar-refractivity contribution in [2.24, 2.45) is 17.8 Å². The van der Waals surface area contributed by atoms with Gasteiger partial charge in [-0.05, 0) is 24.2 Å². The molecule has 2 fully saturated rings. The van der Waals surface area contributed by atoms with Crippen LogP contribution in [0.2, 0.25) is 0 Å². The maximum absolute atomic E-state index is 2.37. The molecule has 2 rings (SSSR count). The summed E-state index contributed by atoms with van der Waals surface area (Å²) in [6.45, 7) is 6.37. The minimum Gasteiger partial charge on any atom is -0.0683 e. The van der Waals surface area contributed by atoms with Crippen molar-refractivity contribution < 1.29 is 0 Å². The van der Waals surface area contributed by atoms with Crippen LogP contribution in [0.1, 0.15) is 91.4 Å². The summed E-state index contributed by atoms with van der Waals surface area (Å²) in [5.41, 5.74) is 0. The molecule has 0 unspecified atom stereocenters. The van der Waals surface area contributed by atoms with Gasteiger partial charge in [0.15, 0.2) is 0 Å². The summed E-state index contributed by atoms with van der Waals surface area (Å²) in [5, 5.41) is 0. The first kappa shape index (κ1) is 15.1.